The summed E-state index contributed by atoms with van der Waals surface area (Å²) in [4.78, 5) is 36.0. The third kappa shape index (κ3) is 3.35. The van der Waals surface area contributed by atoms with Crippen molar-refractivity contribution in [1.82, 2.24) is 25.1 Å². The summed E-state index contributed by atoms with van der Waals surface area (Å²) in [5, 5.41) is 7.13. The number of anilines is 1. The zero-order valence-corrected chi connectivity index (χ0v) is 17.0. The number of carbonyl (C=O) groups excluding carboxylic acids is 2. The smallest absolute Gasteiger partial charge is 0.291 e. The second kappa shape index (κ2) is 7.57. The molecule has 2 amide bonds. The molecule has 2 aliphatic heterocycles. The standard InChI is InChI=1S/C22H21FN6O2/c1-28-18-7-4-12-24-15(18)8-9-16(22(28)31)25-21(30)20-26-19-11-10-17(29(19)27-20)13-5-2-3-6-14(13)23/h2-7,12,16-17H,8-11H2,1H3,(H,25,30)/t16-,17+/m0/s1. The van der Waals surface area contributed by atoms with E-state index in [0.29, 0.717) is 37.1 Å². The fraction of sp³-hybridized carbons (Fsp3) is 0.318. The number of aryl methyl sites for hydroxylation is 2. The van der Waals surface area contributed by atoms with Crippen molar-refractivity contribution in [2.24, 2.45) is 0 Å². The maximum absolute atomic E-state index is 14.3. The van der Waals surface area contributed by atoms with Crippen molar-refractivity contribution in [3.8, 4) is 0 Å². The Morgan fingerprint density at radius 1 is 1.16 bits per heavy atom. The van der Waals surface area contributed by atoms with Crippen LogP contribution >= 0.6 is 0 Å². The average Bonchev–Trinajstić information content (AvgIpc) is 3.34. The van der Waals surface area contributed by atoms with Gasteiger partial charge in [-0.25, -0.2) is 14.1 Å². The third-order valence-corrected chi connectivity index (χ3v) is 5.94. The Kier molecular flexibility index (Phi) is 4.72. The van der Waals surface area contributed by atoms with Crippen LogP contribution < -0.4 is 10.2 Å². The fourth-order valence-corrected chi connectivity index (χ4v) is 4.33. The molecule has 4 heterocycles. The molecule has 158 valence electrons. The third-order valence-electron chi connectivity index (χ3n) is 5.94. The van der Waals surface area contributed by atoms with Crippen LogP contribution in [0.2, 0.25) is 0 Å². The summed E-state index contributed by atoms with van der Waals surface area (Å²) in [5.74, 6) is -0.399. The Bertz CT molecular complexity index is 1180. The molecule has 0 saturated heterocycles. The molecule has 0 bridgehead atoms. The molecule has 2 aromatic heterocycles. The summed E-state index contributed by atoms with van der Waals surface area (Å²) in [7, 11) is 1.68. The first-order chi connectivity index (χ1) is 15.0. The molecule has 0 fully saturated rings. The van der Waals surface area contributed by atoms with Gasteiger partial charge in [0.1, 0.15) is 17.7 Å². The van der Waals surface area contributed by atoms with E-state index < -0.39 is 11.9 Å². The van der Waals surface area contributed by atoms with Crippen molar-refractivity contribution >= 4 is 17.5 Å². The van der Waals surface area contributed by atoms with Gasteiger partial charge in [0.05, 0.1) is 17.4 Å². The largest absolute Gasteiger partial charge is 0.337 e. The minimum absolute atomic E-state index is 0.00798. The molecule has 3 aromatic rings. The molecular formula is C22H21FN6O2. The van der Waals surface area contributed by atoms with Crippen LogP contribution in [0.5, 0.6) is 0 Å². The van der Waals surface area contributed by atoms with Crippen LogP contribution in [0.15, 0.2) is 42.6 Å². The minimum Gasteiger partial charge on any atom is -0.337 e. The number of fused-ring (bicyclic) bond motifs is 2. The van der Waals surface area contributed by atoms with Gasteiger partial charge in [-0.1, -0.05) is 18.2 Å². The van der Waals surface area contributed by atoms with Gasteiger partial charge in [0.15, 0.2) is 0 Å². The molecule has 5 rings (SSSR count). The highest BCUT2D eigenvalue weighted by Gasteiger charge is 2.33. The van der Waals surface area contributed by atoms with Crippen molar-refractivity contribution < 1.29 is 14.0 Å². The molecule has 0 spiro atoms. The Balaban J connectivity index is 1.35. The summed E-state index contributed by atoms with van der Waals surface area (Å²) < 4.78 is 15.9. The number of hydrogen-bond acceptors (Lipinski definition) is 5. The molecule has 0 saturated carbocycles. The average molecular weight is 420 g/mol. The van der Waals surface area contributed by atoms with E-state index >= 15 is 0 Å². The van der Waals surface area contributed by atoms with Gasteiger partial charge in [-0.05, 0) is 37.5 Å². The number of rotatable bonds is 3. The summed E-state index contributed by atoms with van der Waals surface area (Å²) in [5.41, 5.74) is 2.10. The SMILES string of the molecule is CN1C(=O)[C@@H](NC(=O)c2nc3n(n2)[C@@H](c2ccccc2F)CC3)CCc2ncccc21. The zero-order chi connectivity index (χ0) is 21.5. The van der Waals surface area contributed by atoms with Gasteiger partial charge in [0.25, 0.3) is 5.91 Å². The number of nitrogens with one attached hydrogen (secondary N) is 1. The maximum Gasteiger partial charge on any atom is 0.291 e. The van der Waals surface area contributed by atoms with E-state index in [2.05, 4.69) is 20.4 Å². The van der Waals surface area contributed by atoms with Gasteiger partial charge < -0.3 is 10.2 Å². The highest BCUT2D eigenvalue weighted by atomic mass is 19.1. The minimum atomic E-state index is -0.701. The predicted octanol–water partition coefficient (Wildman–Crippen LogP) is 2.06. The van der Waals surface area contributed by atoms with Crippen LogP contribution in [-0.4, -0.2) is 44.7 Å². The molecule has 9 heteroatoms. The van der Waals surface area contributed by atoms with E-state index in [4.69, 9.17) is 0 Å². The molecule has 0 aliphatic carbocycles. The topological polar surface area (TPSA) is 93.0 Å². The lowest BCUT2D eigenvalue weighted by atomic mass is 10.0. The lowest BCUT2D eigenvalue weighted by Crippen LogP contribution is -2.47. The lowest BCUT2D eigenvalue weighted by Gasteiger charge is -2.21. The van der Waals surface area contributed by atoms with E-state index in [-0.39, 0.29) is 23.6 Å². The molecule has 2 atom stereocenters. The molecule has 8 nitrogen and oxygen atoms in total. The van der Waals surface area contributed by atoms with Crippen molar-refractivity contribution in [2.45, 2.75) is 37.8 Å². The Morgan fingerprint density at radius 3 is 2.84 bits per heavy atom. The van der Waals surface area contributed by atoms with E-state index in [1.165, 1.54) is 11.0 Å². The Labute approximate surface area is 178 Å². The highest BCUT2D eigenvalue weighted by molar-refractivity contribution is 6.01. The number of benzene rings is 1. The number of carbonyl (C=O) groups is 2. The highest BCUT2D eigenvalue weighted by Crippen LogP contribution is 2.31. The quantitative estimate of drug-likeness (QED) is 0.700. The van der Waals surface area contributed by atoms with Crippen molar-refractivity contribution in [2.75, 3.05) is 11.9 Å². The summed E-state index contributed by atoms with van der Waals surface area (Å²) >= 11 is 0. The van der Waals surface area contributed by atoms with Gasteiger partial charge in [0.2, 0.25) is 11.7 Å². The predicted molar refractivity (Wildman–Crippen MR) is 110 cm³/mol. The molecule has 1 aromatic carbocycles. The van der Waals surface area contributed by atoms with Crippen molar-refractivity contribution in [1.29, 1.82) is 0 Å². The van der Waals surface area contributed by atoms with Crippen LogP contribution in [0.4, 0.5) is 10.1 Å². The second-order valence-electron chi connectivity index (χ2n) is 7.80. The molecule has 31 heavy (non-hydrogen) atoms. The molecule has 1 N–H and O–H groups in total. The number of aromatic nitrogens is 4. The van der Waals surface area contributed by atoms with Gasteiger partial charge in [-0.3, -0.25) is 14.6 Å². The zero-order valence-electron chi connectivity index (χ0n) is 17.0. The first kappa shape index (κ1) is 19.3. The fourth-order valence-electron chi connectivity index (χ4n) is 4.33. The first-order valence-electron chi connectivity index (χ1n) is 10.2. The van der Waals surface area contributed by atoms with Crippen molar-refractivity contribution in [3.63, 3.8) is 0 Å². The van der Waals surface area contributed by atoms with Crippen LogP contribution in [0.1, 0.15) is 46.6 Å². The Hall–Kier alpha value is -3.62. The van der Waals surface area contributed by atoms with Gasteiger partial charge in [0, 0.05) is 25.2 Å². The second-order valence-corrected chi connectivity index (χ2v) is 7.80. The normalized spacial score (nSPS) is 20.2. The first-order valence-corrected chi connectivity index (χ1v) is 10.2. The van der Waals surface area contributed by atoms with Crippen LogP contribution in [-0.2, 0) is 17.6 Å². The van der Waals surface area contributed by atoms with Gasteiger partial charge in [-0.2, -0.15) is 0 Å². The van der Waals surface area contributed by atoms with E-state index in [1.807, 2.05) is 6.07 Å². The van der Waals surface area contributed by atoms with Crippen LogP contribution in [0, 0.1) is 5.82 Å². The van der Waals surface area contributed by atoms with Crippen LogP contribution in [0.3, 0.4) is 0 Å². The molecule has 0 unspecified atom stereocenters. The van der Waals surface area contributed by atoms with Crippen molar-refractivity contribution in [3.05, 3.63) is 71.3 Å². The lowest BCUT2D eigenvalue weighted by molar-refractivity contribution is -0.120. The summed E-state index contributed by atoms with van der Waals surface area (Å²) in [6, 6.07) is 9.19. The molecular weight excluding hydrogens is 399 g/mol. The monoisotopic (exact) mass is 420 g/mol. The summed E-state index contributed by atoms with van der Waals surface area (Å²) in [6.45, 7) is 0. The number of amides is 2. The number of hydrogen-bond donors (Lipinski definition) is 1. The maximum atomic E-state index is 14.3. The van der Waals surface area contributed by atoms with E-state index in [1.54, 1.807) is 42.2 Å². The number of halogens is 1. The summed E-state index contributed by atoms with van der Waals surface area (Å²) in [6.07, 6.45) is 3.98. The van der Waals surface area contributed by atoms with Gasteiger partial charge in [-0.15, -0.1) is 5.10 Å². The number of pyridine rings is 1. The Morgan fingerprint density at radius 2 is 2.00 bits per heavy atom. The van der Waals surface area contributed by atoms with Crippen LogP contribution in [0.25, 0.3) is 0 Å². The number of likely N-dealkylation sites (N-methyl/N-ethyl adjacent to an activating group) is 1. The van der Waals surface area contributed by atoms with E-state index in [0.717, 1.165) is 11.4 Å². The molecule has 0 radical (unpaired) electrons. The van der Waals surface area contributed by atoms with Gasteiger partial charge >= 0.3 is 0 Å². The number of nitrogens with zero attached hydrogens (tertiary/aromatic N) is 5. The van der Waals surface area contributed by atoms with E-state index in [9.17, 15) is 14.0 Å². The molecule has 2 aliphatic rings.